The molecule has 2 amide bonds. The second kappa shape index (κ2) is 4.18. The van der Waals surface area contributed by atoms with Gasteiger partial charge in [0.25, 0.3) is 11.5 Å². The molecule has 2 heterocycles. The second-order valence-electron chi connectivity index (χ2n) is 4.98. The molecule has 1 saturated carbocycles. The molecule has 1 aliphatic carbocycles. The number of hydrogen-bond donors (Lipinski definition) is 2. The molecular formula is C12H14N4O3. The van der Waals surface area contributed by atoms with Crippen LogP contribution in [0.1, 0.15) is 31.0 Å². The molecule has 1 aliphatic heterocycles. The number of nitrogens with one attached hydrogen (secondary N) is 2. The van der Waals surface area contributed by atoms with Crippen molar-refractivity contribution in [3.8, 4) is 0 Å². The average Bonchev–Trinajstić information content (AvgIpc) is 3.16. The number of likely N-dealkylation sites (N-methyl/N-ethyl adjacent to an activating group) is 1. The van der Waals surface area contributed by atoms with E-state index < -0.39 is 6.04 Å². The number of hydrogen-bond acceptors (Lipinski definition) is 5. The predicted octanol–water partition coefficient (Wildman–Crippen LogP) is -0.184. The van der Waals surface area contributed by atoms with Gasteiger partial charge in [0.2, 0.25) is 5.91 Å². The fourth-order valence-electron chi connectivity index (χ4n) is 2.15. The van der Waals surface area contributed by atoms with E-state index in [4.69, 9.17) is 0 Å². The predicted molar refractivity (Wildman–Crippen MR) is 66.6 cm³/mol. The van der Waals surface area contributed by atoms with E-state index >= 15 is 0 Å². The van der Waals surface area contributed by atoms with Crippen molar-refractivity contribution in [2.24, 2.45) is 0 Å². The van der Waals surface area contributed by atoms with Gasteiger partial charge in [0.05, 0.1) is 6.42 Å². The summed E-state index contributed by atoms with van der Waals surface area (Å²) in [6, 6.07) is 0.681. The van der Waals surface area contributed by atoms with Crippen LogP contribution in [-0.4, -0.2) is 39.8 Å². The van der Waals surface area contributed by atoms with Gasteiger partial charge in [0.1, 0.15) is 17.7 Å². The number of amides is 2. The lowest BCUT2D eigenvalue weighted by atomic mass is 10.2. The highest BCUT2D eigenvalue weighted by Crippen LogP contribution is 2.37. The molecule has 2 aliphatic rings. The first kappa shape index (κ1) is 11.9. The highest BCUT2D eigenvalue weighted by Gasteiger charge is 2.36. The molecule has 1 aromatic heterocycles. The number of carbonyl (C=O) groups excluding carboxylic acids is 2. The van der Waals surface area contributed by atoms with Gasteiger partial charge in [-0.15, -0.1) is 0 Å². The molecule has 19 heavy (non-hydrogen) atoms. The van der Waals surface area contributed by atoms with Gasteiger partial charge in [0, 0.05) is 19.0 Å². The quantitative estimate of drug-likeness (QED) is 0.737. The van der Waals surface area contributed by atoms with Crippen molar-refractivity contribution in [3.05, 3.63) is 22.2 Å². The summed E-state index contributed by atoms with van der Waals surface area (Å²) in [5.41, 5.74) is -0.246. The molecule has 1 atom stereocenters. The summed E-state index contributed by atoms with van der Waals surface area (Å²) in [5, 5.41) is 2.87. The van der Waals surface area contributed by atoms with Gasteiger partial charge in [-0.2, -0.15) is 0 Å². The molecule has 0 aromatic carbocycles. The lowest BCUT2D eigenvalue weighted by Crippen LogP contribution is -2.32. The van der Waals surface area contributed by atoms with E-state index in [1.807, 2.05) is 0 Å². The zero-order valence-electron chi connectivity index (χ0n) is 10.5. The van der Waals surface area contributed by atoms with Gasteiger partial charge < -0.3 is 10.3 Å². The number of likely N-dealkylation sites (tertiary alicyclic amines) is 1. The van der Waals surface area contributed by atoms with E-state index in [0.717, 1.165) is 17.7 Å². The third-order valence-corrected chi connectivity index (χ3v) is 3.43. The van der Waals surface area contributed by atoms with Crippen molar-refractivity contribution < 1.29 is 9.59 Å². The van der Waals surface area contributed by atoms with E-state index in [1.54, 1.807) is 0 Å². The Balaban J connectivity index is 1.82. The van der Waals surface area contributed by atoms with Crippen LogP contribution in [0.3, 0.4) is 0 Å². The molecule has 3 rings (SSSR count). The molecule has 0 spiro atoms. The van der Waals surface area contributed by atoms with Gasteiger partial charge in [-0.3, -0.25) is 19.3 Å². The molecule has 7 nitrogen and oxygen atoms in total. The number of aromatic nitrogens is 2. The Morgan fingerprint density at radius 3 is 2.68 bits per heavy atom. The number of rotatable bonds is 3. The van der Waals surface area contributed by atoms with E-state index in [9.17, 15) is 14.4 Å². The van der Waals surface area contributed by atoms with Crippen molar-refractivity contribution in [1.29, 1.82) is 0 Å². The first-order valence-electron chi connectivity index (χ1n) is 6.23. The van der Waals surface area contributed by atoms with Crippen molar-refractivity contribution in [3.63, 3.8) is 0 Å². The molecule has 100 valence electrons. The van der Waals surface area contributed by atoms with Crippen LogP contribution >= 0.6 is 0 Å². The van der Waals surface area contributed by atoms with Crippen LogP contribution in [0.2, 0.25) is 0 Å². The Kier molecular flexibility index (Phi) is 2.62. The second-order valence-corrected chi connectivity index (χ2v) is 4.98. The van der Waals surface area contributed by atoms with Gasteiger partial charge in [-0.25, -0.2) is 4.98 Å². The molecule has 2 fully saturated rings. The Hall–Kier alpha value is -2.18. The minimum atomic E-state index is -0.626. The minimum absolute atomic E-state index is 0.0998. The third kappa shape index (κ3) is 2.23. The van der Waals surface area contributed by atoms with Gasteiger partial charge in [-0.1, -0.05) is 0 Å². The Morgan fingerprint density at radius 2 is 2.11 bits per heavy atom. The smallest absolute Gasteiger partial charge is 0.252 e. The van der Waals surface area contributed by atoms with Gasteiger partial charge in [0.15, 0.2) is 0 Å². The van der Waals surface area contributed by atoms with Crippen LogP contribution in [0.25, 0.3) is 0 Å². The Labute approximate surface area is 109 Å². The highest BCUT2D eigenvalue weighted by molar-refractivity contribution is 6.06. The van der Waals surface area contributed by atoms with Crippen LogP contribution in [0.15, 0.2) is 10.9 Å². The molecular weight excluding hydrogens is 248 g/mol. The summed E-state index contributed by atoms with van der Waals surface area (Å²) in [6.07, 6.45) is 2.15. The third-order valence-electron chi connectivity index (χ3n) is 3.43. The minimum Gasteiger partial charge on any atom is -0.358 e. The van der Waals surface area contributed by atoms with Crippen molar-refractivity contribution in [1.82, 2.24) is 14.9 Å². The van der Waals surface area contributed by atoms with Crippen molar-refractivity contribution in [2.75, 3.05) is 12.4 Å². The Bertz CT molecular complexity index is 605. The molecule has 1 aromatic rings. The molecule has 0 bridgehead atoms. The van der Waals surface area contributed by atoms with Gasteiger partial charge in [-0.05, 0) is 12.8 Å². The van der Waals surface area contributed by atoms with Crippen LogP contribution in [0, 0.1) is 0 Å². The molecule has 1 unspecified atom stereocenters. The normalized spacial score (nSPS) is 23.0. The van der Waals surface area contributed by atoms with Crippen molar-refractivity contribution >= 4 is 17.6 Å². The molecule has 7 heteroatoms. The zero-order chi connectivity index (χ0) is 13.6. The van der Waals surface area contributed by atoms with E-state index in [0.29, 0.717) is 17.6 Å². The summed E-state index contributed by atoms with van der Waals surface area (Å²) >= 11 is 0. The SMILES string of the molecule is CN1C(=O)CC(Nc2cc(=O)[nH]c(C3CC3)n2)C1=O. The largest absolute Gasteiger partial charge is 0.358 e. The number of nitrogens with zero attached hydrogens (tertiary/aromatic N) is 2. The summed E-state index contributed by atoms with van der Waals surface area (Å²) in [5.74, 6) is 0.806. The monoisotopic (exact) mass is 262 g/mol. The van der Waals surface area contributed by atoms with Crippen LogP contribution < -0.4 is 10.9 Å². The maximum Gasteiger partial charge on any atom is 0.252 e. The highest BCUT2D eigenvalue weighted by atomic mass is 16.2. The van der Waals surface area contributed by atoms with E-state index in [2.05, 4.69) is 15.3 Å². The molecule has 0 radical (unpaired) electrons. The standard InChI is InChI=1S/C12H14N4O3/c1-16-10(18)4-7(12(16)19)13-8-5-9(17)15-11(14-8)6-2-3-6/h5-7H,2-4H2,1H3,(H2,13,14,15,17). The summed E-state index contributed by atoms with van der Waals surface area (Å²) in [4.78, 5) is 42.8. The van der Waals surface area contributed by atoms with E-state index in [1.165, 1.54) is 13.1 Å². The maximum atomic E-state index is 11.8. The number of anilines is 1. The lowest BCUT2D eigenvalue weighted by Gasteiger charge is -2.12. The number of aromatic amines is 1. The molecule has 1 saturated heterocycles. The topological polar surface area (TPSA) is 95.2 Å². The number of H-pyrrole nitrogens is 1. The van der Waals surface area contributed by atoms with E-state index in [-0.39, 0.29) is 23.8 Å². The lowest BCUT2D eigenvalue weighted by molar-refractivity contribution is -0.136. The van der Waals surface area contributed by atoms with Crippen LogP contribution in [-0.2, 0) is 9.59 Å². The fraction of sp³-hybridized carbons (Fsp3) is 0.500. The first-order chi connectivity index (χ1) is 9.04. The first-order valence-corrected chi connectivity index (χ1v) is 6.23. The van der Waals surface area contributed by atoms with Crippen LogP contribution in [0.4, 0.5) is 5.82 Å². The maximum absolute atomic E-state index is 11.8. The summed E-state index contributed by atoms with van der Waals surface area (Å²) in [7, 11) is 1.45. The van der Waals surface area contributed by atoms with Crippen LogP contribution in [0.5, 0.6) is 0 Å². The average molecular weight is 262 g/mol. The number of carbonyl (C=O) groups is 2. The van der Waals surface area contributed by atoms with Gasteiger partial charge >= 0.3 is 0 Å². The summed E-state index contributed by atoms with van der Waals surface area (Å²) in [6.45, 7) is 0. The number of imide groups is 1. The Morgan fingerprint density at radius 1 is 1.37 bits per heavy atom. The van der Waals surface area contributed by atoms with Crippen molar-refractivity contribution in [2.45, 2.75) is 31.2 Å². The fourth-order valence-corrected chi connectivity index (χ4v) is 2.15. The summed E-state index contributed by atoms with van der Waals surface area (Å²) < 4.78 is 0. The zero-order valence-corrected chi connectivity index (χ0v) is 10.5. The molecule has 2 N–H and O–H groups in total.